The van der Waals surface area contributed by atoms with Crippen LogP contribution in [0.3, 0.4) is 0 Å². The van der Waals surface area contributed by atoms with E-state index in [1.165, 1.54) is 53.3 Å². The van der Waals surface area contributed by atoms with E-state index in [0.717, 1.165) is 33.2 Å². The summed E-state index contributed by atoms with van der Waals surface area (Å²) in [5.41, 5.74) is -0.140. The lowest BCUT2D eigenvalue weighted by Gasteiger charge is -2.63. The number of para-hydroxylation sites is 1. The van der Waals surface area contributed by atoms with Gasteiger partial charge in [-0.25, -0.2) is 4.79 Å². The van der Waals surface area contributed by atoms with Gasteiger partial charge < -0.3 is 63.3 Å². The highest BCUT2D eigenvalue weighted by molar-refractivity contribution is 7.79. The summed E-state index contributed by atoms with van der Waals surface area (Å²) in [6.07, 6.45) is 7.10. The second-order valence-electron chi connectivity index (χ2n) is 25.3. The first-order valence-corrected chi connectivity index (χ1v) is 32.6. The SMILES string of the molecule is CC[C@]1(O)C[C@H]2CN(CCc3c([nH]c4ccccc34)[C@@](C(=O)OC)(c3cc4c(cc3OC)N(C=O)[C@H]3[C@@](O)(C(=O)OC)[C@H](OC(C)=O)[C@]5(CC)C=CCN6CC[C@]43[C@@H]65)C2)C1.COc1cc2c(c(OC)c1OC)-c1ccc(OC)c(=O)cc1[C@@H](NC(C)=O)CC2.O=S(=O)(O)O. The van der Waals surface area contributed by atoms with Gasteiger partial charge in [0.05, 0.1) is 73.1 Å². The number of amides is 2. The summed E-state index contributed by atoms with van der Waals surface area (Å²) in [4.78, 5) is 90.6. The maximum atomic E-state index is 15.3. The molecule has 12 rings (SSSR count). The number of aliphatic hydroxyl groups is 2. The summed E-state index contributed by atoms with van der Waals surface area (Å²) in [5.74, 6) is -0.460. The van der Waals surface area contributed by atoms with Gasteiger partial charge in [-0.15, -0.1) is 0 Å². The number of aromatic amines is 1. The molecule has 94 heavy (non-hydrogen) atoms. The number of piperidine rings is 1. The van der Waals surface area contributed by atoms with Crippen molar-refractivity contribution in [2.45, 2.75) is 125 Å². The molecule has 4 aromatic carbocycles. The number of hydrogen-bond donors (Lipinski definition) is 6. The third-order valence-electron chi connectivity index (χ3n) is 20.6. The number of fused-ring (bicyclic) bond motifs is 9. The predicted octanol–water partition coefficient (Wildman–Crippen LogP) is 5.74. The number of benzene rings is 3. The molecule has 0 radical (unpaired) electrons. The van der Waals surface area contributed by atoms with Crippen molar-refractivity contribution in [1.82, 2.24) is 20.1 Å². The number of aryl methyl sites for hydroxylation is 1. The molecule has 6 heterocycles. The number of nitrogens with zero attached hydrogens (tertiary/aromatic N) is 3. The van der Waals surface area contributed by atoms with Crippen LogP contribution in [0.2, 0.25) is 0 Å². The van der Waals surface area contributed by atoms with Crippen LogP contribution in [-0.2, 0) is 72.3 Å². The van der Waals surface area contributed by atoms with E-state index in [0.29, 0.717) is 135 Å². The lowest BCUT2D eigenvalue weighted by Crippen LogP contribution is -2.81. The van der Waals surface area contributed by atoms with Crippen molar-refractivity contribution in [2.24, 2.45) is 11.3 Å². The summed E-state index contributed by atoms with van der Waals surface area (Å²) in [5, 5.41) is 29.2. The van der Waals surface area contributed by atoms with E-state index in [9.17, 15) is 34.2 Å². The Morgan fingerprint density at radius 1 is 0.787 bits per heavy atom. The van der Waals surface area contributed by atoms with E-state index in [1.807, 2.05) is 62.4 Å². The molecule has 2 saturated heterocycles. The van der Waals surface area contributed by atoms with Crippen LogP contribution < -0.4 is 39.3 Å². The first-order chi connectivity index (χ1) is 44.7. The quantitative estimate of drug-likeness (QED) is 0.0269. The second kappa shape index (κ2) is 26.2. The minimum atomic E-state index is -4.67. The van der Waals surface area contributed by atoms with Crippen molar-refractivity contribution in [3.63, 3.8) is 0 Å². The van der Waals surface area contributed by atoms with Crippen LogP contribution in [0.15, 0.2) is 77.6 Å². The lowest BCUT2D eigenvalue weighted by atomic mass is 9.47. The molecule has 1 spiro atoms. The van der Waals surface area contributed by atoms with Crippen molar-refractivity contribution in [3.8, 4) is 39.9 Å². The Morgan fingerprint density at radius 2 is 1.48 bits per heavy atom. The molecule has 25 nitrogen and oxygen atoms in total. The average Bonchev–Trinajstić information content (AvgIpc) is 1.45. The highest BCUT2D eigenvalue weighted by Crippen LogP contribution is 2.68. The summed E-state index contributed by atoms with van der Waals surface area (Å²) in [6, 6.07) is 16.5. The van der Waals surface area contributed by atoms with Crippen molar-refractivity contribution in [2.75, 3.05) is 87.4 Å². The maximum Gasteiger partial charge on any atom is 0.394 e. The number of carbonyl (C=O) groups excluding carboxylic acids is 5. The molecule has 2 amide bonds. The van der Waals surface area contributed by atoms with Crippen LogP contribution in [0.25, 0.3) is 22.0 Å². The van der Waals surface area contributed by atoms with Crippen LogP contribution in [0.5, 0.6) is 28.7 Å². The Hall–Kier alpha value is -8.11. The lowest BCUT2D eigenvalue weighted by molar-refractivity contribution is -0.228. The van der Waals surface area contributed by atoms with Crippen molar-refractivity contribution >= 4 is 57.2 Å². The van der Waals surface area contributed by atoms with Crippen LogP contribution in [0.1, 0.15) is 106 Å². The molecular formula is C68H83N5O20S. The first kappa shape index (κ1) is 68.7. The third-order valence-corrected chi connectivity index (χ3v) is 20.6. The molecule has 26 heteroatoms. The number of H-pyrrole nitrogens is 1. The van der Waals surface area contributed by atoms with E-state index in [4.69, 9.17) is 55.4 Å². The number of rotatable bonds is 13. The Balaban J connectivity index is 0.000000236. The van der Waals surface area contributed by atoms with Gasteiger partial charge in [0.1, 0.15) is 11.2 Å². The zero-order valence-electron chi connectivity index (χ0n) is 54.7. The number of nitrogens with one attached hydrogen (secondary N) is 2. The Kier molecular flexibility index (Phi) is 19.2. The third kappa shape index (κ3) is 11.3. The number of esters is 3. The molecule has 5 aliphatic heterocycles. The summed E-state index contributed by atoms with van der Waals surface area (Å²) in [6.45, 7) is 9.63. The highest BCUT2D eigenvalue weighted by Gasteiger charge is 2.81. The largest absolute Gasteiger partial charge is 0.496 e. The van der Waals surface area contributed by atoms with Gasteiger partial charge in [-0.1, -0.05) is 50.3 Å². The van der Waals surface area contributed by atoms with Gasteiger partial charge in [0.15, 0.2) is 23.4 Å². The second-order valence-corrected chi connectivity index (χ2v) is 26.2. The van der Waals surface area contributed by atoms with Gasteiger partial charge >= 0.3 is 28.3 Å². The van der Waals surface area contributed by atoms with Gasteiger partial charge in [0.2, 0.25) is 29.1 Å². The normalized spacial score (nSPS) is 28.4. The molecule has 1 aromatic heterocycles. The summed E-state index contributed by atoms with van der Waals surface area (Å²) < 4.78 is 77.3. The molecule has 506 valence electrons. The highest BCUT2D eigenvalue weighted by atomic mass is 32.3. The van der Waals surface area contributed by atoms with Gasteiger partial charge in [-0.2, -0.15) is 8.42 Å². The number of ether oxygens (including phenoxy) is 8. The number of anilines is 1. The molecule has 1 saturated carbocycles. The van der Waals surface area contributed by atoms with Gasteiger partial charge in [-0.05, 0) is 122 Å². The minimum absolute atomic E-state index is 0.155. The van der Waals surface area contributed by atoms with Crippen LogP contribution in [0.4, 0.5) is 5.69 Å². The zero-order chi connectivity index (χ0) is 68.2. The molecule has 11 atom stereocenters. The van der Waals surface area contributed by atoms with Crippen LogP contribution in [-0.4, -0.2) is 185 Å². The molecule has 2 bridgehead atoms. The summed E-state index contributed by atoms with van der Waals surface area (Å²) >= 11 is 0. The smallest absolute Gasteiger partial charge is 0.394 e. The molecule has 1 unspecified atom stereocenters. The molecule has 3 fully saturated rings. The Morgan fingerprint density at radius 3 is 2.10 bits per heavy atom. The van der Waals surface area contributed by atoms with Crippen molar-refractivity contribution in [3.05, 3.63) is 117 Å². The summed E-state index contributed by atoms with van der Waals surface area (Å²) in [7, 11) is 5.57. The standard InChI is InChI=1S/C46H56N4O10.C22H25NO6.H2O4S/c1-7-42(55)22-28-23-45(40(53)58-5,36-30(14-18-48(24-28)25-42)29-12-9-10-13-33(29)47-36)32-20-31-34(21-35(32)57-4)50(26-51)38-44(31)16-19-49-17-11-15-43(8-2,37(44)49)39(60-27(3)52)46(38,56)41(54)59-6;1-12(24)23-16-8-6-13-10-19(27-3)21(28-4)22(29-5)20(13)14-7-9-18(26-2)17(25)11-15(14)16;1-5(2,3)4/h9-13,15,20-21,26,28,37-39,47,55-56H,7-8,14,16-19,22-25H2,1-6H3;7,9-11,16H,6,8H2,1-5H3,(H,23,24);(H2,1,2,3,4)/t28-,37+,38-,39-,42+,43-,44-,45+,46+;16-;/m10./s1. The van der Waals surface area contributed by atoms with Crippen molar-refractivity contribution in [1.29, 1.82) is 0 Å². The van der Waals surface area contributed by atoms with E-state index in [-0.39, 0.29) is 35.5 Å². The van der Waals surface area contributed by atoms with E-state index < -0.39 is 73.9 Å². The number of methoxy groups -OCH3 is 7. The van der Waals surface area contributed by atoms with Gasteiger partial charge in [0.25, 0.3) is 0 Å². The fraction of sp³-hybridized carbons (Fsp3) is 0.500. The van der Waals surface area contributed by atoms with E-state index in [1.54, 1.807) is 33.5 Å². The topological polar surface area (TPSA) is 329 Å². The Bertz CT molecular complexity index is 4020. The monoisotopic (exact) mass is 1320 g/mol. The minimum Gasteiger partial charge on any atom is -0.496 e. The number of carbonyl (C=O) groups is 5. The maximum absolute atomic E-state index is 15.3. The van der Waals surface area contributed by atoms with Crippen LogP contribution in [0, 0.1) is 11.3 Å². The number of aromatic nitrogens is 1. The van der Waals surface area contributed by atoms with Gasteiger partial charge in [-0.3, -0.25) is 42.9 Å². The number of hydrogen-bond acceptors (Lipinski definition) is 20. The van der Waals surface area contributed by atoms with Crippen LogP contribution >= 0.6 is 0 Å². The van der Waals surface area contributed by atoms with Crippen molar-refractivity contribution < 1.29 is 89.6 Å². The average molecular weight is 1320 g/mol. The fourth-order valence-corrected chi connectivity index (χ4v) is 17.2. The molecule has 6 N–H and O–H groups in total. The molecular weight excluding hydrogens is 1240 g/mol. The molecule has 7 aliphatic rings. The van der Waals surface area contributed by atoms with E-state index in [2.05, 4.69) is 26.2 Å². The fourth-order valence-electron chi connectivity index (χ4n) is 17.2. The Labute approximate surface area is 545 Å². The van der Waals surface area contributed by atoms with E-state index >= 15 is 4.79 Å². The molecule has 2 aliphatic carbocycles. The molecule has 5 aromatic rings. The zero-order valence-corrected chi connectivity index (χ0v) is 55.5. The van der Waals surface area contributed by atoms with Gasteiger partial charge in [0, 0.05) is 90.7 Å². The predicted molar refractivity (Wildman–Crippen MR) is 344 cm³/mol. The first-order valence-electron chi connectivity index (χ1n) is 31.2.